The SMILES string of the molecule is Cc1cc(SCC(=O)Nc2ccc(C)c(N)c2)n(C)n1. The van der Waals surface area contributed by atoms with Crippen molar-refractivity contribution < 1.29 is 4.79 Å². The van der Waals surface area contributed by atoms with Gasteiger partial charge < -0.3 is 11.1 Å². The minimum absolute atomic E-state index is 0.0582. The molecule has 1 aromatic heterocycles. The summed E-state index contributed by atoms with van der Waals surface area (Å²) in [5.74, 6) is 0.282. The zero-order valence-corrected chi connectivity index (χ0v) is 12.6. The highest BCUT2D eigenvalue weighted by Gasteiger charge is 2.08. The number of aryl methyl sites for hydroxylation is 3. The Morgan fingerprint density at radius 3 is 2.75 bits per heavy atom. The first-order chi connectivity index (χ1) is 9.45. The van der Waals surface area contributed by atoms with E-state index in [0.717, 1.165) is 22.0 Å². The first-order valence-corrected chi connectivity index (χ1v) is 7.23. The number of thioether (sulfide) groups is 1. The van der Waals surface area contributed by atoms with Gasteiger partial charge in [0.15, 0.2) is 0 Å². The van der Waals surface area contributed by atoms with Crippen molar-refractivity contribution in [3.8, 4) is 0 Å². The van der Waals surface area contributed by atoms with E-state index in [9.17, 15) is 4.79 Å². The van der Waals surface area contributed by atoms with Crippen LogP contribution in [0.5, 0.6) is 0 Å². The van der Waals surface area contributed by atoms with Crippen molar-refractivity contribution in [2.24, 2.45) is 7.05 Å². The standard InChI is InChI=1S/C14H18N4OS/c1-9-4-5-11(7-12(9)15)16-13(19)8-20-14-6-10(2)17-18(14)3/h4-7H,8,15H2,1-3H3,(H,16,19). The van der Waals surface area contributed by atoms with E-state index in [1.807, 2.05) is 39.1 Å². The molecule has 0 aliphatic heterocycles. The van der Waals surface area contributed by atoms with Crippen LogP contribution in [0.3, 0.4) is 0 Å². The van der Waals surface area contributed by atoms with E-state index in [1.54, 1.807) is 10.7 Å². The molecule has 0 unspecified atom stereocenters. The minimum Gasteiger partial charge on any atom is -0.398 e. The quantitative estimate of drug-likeness (QED) is 0.669. The predicted octanol–water partition coefficient (Wildman–Crippen LogP) is 2.35. The van der Waals surface area contributed by atoms with Gasteiger partial charge in [0.05, 0.1) is 16.5 Å². The zero-order chi connectivity index (χ0) is 14.7. The molecular formula is C14H18N4OS. The Hall–Kier alpha value is -1.95. The number of aromatic nitrogens is 2. The lowest BCUT2D eigenvalue weighted by molar-refractivity contribution is -0.113. The fraction of sp³-hybridized carbons (Fsp3) is 0.286. The monoisotopic (exact) mass is 290 g/mol. The molecule has 2 rings (SSSR count). The second kappa shape index (κ2) is 6.00. The number of rotatable bonds is 4. The van der Waals surface area contributed by atoms with E-state index in [-0.39, 0.29) is 5.91 Å². The van der Waals surface area contributed by atoms with Crippen molar-refractivity contribution in [3.05, 3.63) is 35.5 Å². The van der Waals surface area contributed by atoms with Crippen molar-refractivity contribution in [2.45, 2.75) is 18.9 Å². The molecule has 1 heterocycles. The van der Waals surface area contributed by atoms with Crippen LogP contribution in [-0.2, 0) is 11.8 Å². The summed E-state index contributed by atoms with van der Waals surface area (Å²) in [4.78, 5) is 11.9. The van der Waals surface area contributed by atoms with Crippen LogP contribution in [0.1, 0.15) is 11.3 Å². The van der Waals surface area contributed by atoms with Crippen LogP contribution in [0, 0.1) is 13.8 Å². The first kappa shape index (κ1) is 14.5. The molecule has 0 saturated heterocycles. The van der Waals surface area contributed by atoms with Crippen molar-refractivity contribution >= 4 is 29.0 Å². The molecule has 2 aromatic rings. The number of hydrogen-bond acceptors (Lipinski definition) is 4. The summed E-state index contributed by atoms with van der Waals surface area (Å²) in [6.07, 6.45) is 0. The number of benzene rings is 1. The Labute approximate surface area is 122 Å². The summed E-state index contributed by atoms with van der Waals surface area (Å²) in [6.45, 7) is 3.86. The molecule has 5 nitrogen and oxygen atoms in total. The van der Waals surface area contributed by atoms with Gasteiger partial charge in [-0.15, -0.1) is 0 Å². The number of hydrogen-bond donors (Lipinski definition) is 2. The van der Waals surface area contributed by atoms with Crippen LogP contribution in [0.15, 0.2) is 29.3 Å². The third kappa shape index (κ3) is 3.54. The molecule has 6 heteroatoms. The van der Waals surface area contributed by atoms with Crippen molar-refractivity contribution in [2.75, 3.05) is 16.8 Å². The summed E-state index contributed by atoms with van der Waals surface area (Å²) < 4.78 is 1.77. The average Bonchev–Trinajstić information content (AvgIpc) is 2.70. The fourth-order valence-electron chi connectivity index (χ4n) is 1.78. The van der Waals surface area contributed by atoms with Gasteiger partial charge in [-0.05, 0) is 37.6 Å². The Kier molecular flexibility index (Phi) is 4.34. The largest absolute Gasteiger partial charge is 0.398 e. The number of nitrogens with zero attached hydrogens (tertiary/aromatic N) is 2. The number of nitrogens with two attached hydrogens (primary N) is 1. The number of anilines is 2. The summed E-state index contributed by atoms with van der Waals surface area (Å²) >= 11 is 1.46. The van der Waals surface area contributed by atoms with Gasteiger partial charge in [0, 0.05) is 18.4 Å². The molecule has 0 bridgehead atoms. The maximum absolute atomic E-state index is 11.9. The van der Waals surface area contributed by atoms with E-state index in [4.69, 9.17) is 5.73 Å². The van der Waals surface area contributed by atoms with Gasteiger partial charge in [-0.1, -0.05) is 17.8 Å². The summed E-state index contributed by atoms with van der Waals surface area (Å²) in [5.41, 5.74) is 9.17. The molecule has 1 aromatic carbocycles. The van der Waals surface area contributed by atoms with Crippen LogP contribution in [0.2, 0.25) is 0 Å². The molecule has 20 heavy (non-hydrogen) atoms. The number of amides is 1. The van der Waals surface area contributed by atoms with Gasteiger partial charge in [0.1, 0.15) is 0 Å². The molecule has 0 saturated carbocycles. The van der Waals surface area contributed by atoms with E-state index < -0.39 is 0 Å². The number of carbonyl (C=O) groups excluding carboxylic acids is 1. The highest BCUT2D eigenvalue weighted by molar-refractivity contribution is 7.99. The zero-order valence-electron chi connectivity index (χ0n) is 11.8. The molecule has 0 aliphatic carbocycles. The summed E-state index contributed by atoms with van der Waals surface area (Å²) in [5, 5.41) is 8.05. The maximum Gasteiger partial charge on any atom is 0.234 e. The van der Waals surface area contributed by atoms with E-state index in [0.29, 0.717) is 11.4 Å². The van der Waals surface area contributed by atoms with Gasteiger partial charge >= 0.3 is 0 Å². The number of carbonyl (C=O) groups is 1. The smallest absolute Gasteiger partial charge is 0.234 e. The van der Waals surface area contributed by atoms with Crippen molar-refractivity contribution in [1.29, 1.82) is 0 Å². The second-order valence-electron chi connectivity index (χ2n) is 4.66. The molecule has 0 spiro atoms. The molecular weight excluding hydrogens is 272 g/mol. The van der Waals surface area contributed by atoms with Gasteiger partial charge in [-0.2, -0.15) is 5.10 Å². The van der Waals surface area contributed by atoms with Crippen LogP contribution >= 0.6 is 11.8 Å². The van der Waals surface area contributed by atoms with E-state index in [1.165, 1.54) is 11.8 Å². The first-order valence-electron chi connectivity index (χ1n) is 6.25. The lowest BCUT2D eigenvalue weighted by Gasteiger charge is -2.07. The summed E-state index contributed by atoms with van der Waals surface area (Å²) in [6, 6.07) is 7.47. The second-order valence-corrected chi connectivity index (χ2v) is 5.65. The Balaban J connectivity index is 1.92. The molecule has 0 fully saturated rings. The Morgan fingerprint density at radius 1 is 1.40 bits per heavy atom. The van der Waals surface area contributed by atoms with Crippen LogP contribution in [0.25, 0.3) is 0 Å². The van der Waals surface area contributed by atoms with Crippen molar-refractivity contribution in [1.82, 2.24) is 9.78 Å². The van der Waals surface area contributed by atoms with Gasteiger partial charge in [0.25, 0.3) is 0 Å². The number of nitrogens with one attached hydrogen (secondary N) is 1. The Bertz CT molecular complexity index is 636. The third-order valence-electron chi connectivity index (χ3n) is 2.87. The molecule has 0 aliphatic rings. The van der Waals surface area contributed by atoms with E-state index >= 15 is 0 Å². The molecule has 106 valence electrons. The highest BCUT2D eigenvalue weighted by atomic mass is 32.2. The van der Waals surface area contributed by atoms with Gasteiger partial charge in [-0.25, -0.2) is 0 Å². The topological polar surface area (TPSA) is 72.9 Å². The summed E-state index contributed by atoms with van der Waals surface area (Å²) in [7, 11) is 1.87. The molecule has 3 N–H and O–H groups in total. The van der Waals surface area contributed by atoms with Gasteiger partial charge in [0.2, 0.25) is 5.91 Å². The van der Waals surface area contributed by atoms with Crippen LogP contribution < -0.4 is 11.1 Å². The Morgan fingerprint density at radius 2 is 2.15 bits per heavy atom. The maximum atomic E-state index is 11.9. The molecule has 0 radical (unpaired) electrons. The number of nitrogen functional groups attached to an aromatic ring is 1. The normalized spacial score (nSPS) is 10.6. The van der Waals surface area contributed by atoms with Crippen LogP contribution in [-0.4, -0.2) is 21.4 Å². The molecule has 0 atom stereocenters. The fourth-order valence-corrected chi connectivity index (χ4v) is 2.61. The average molecular weight is 290 g/mol. The lowest BCUT2D eigenvalue weighted by atomic mass is 10.2. The van der Waals surface area contributed by atoms with Crippen molar-refractivity contribution in [3.63, 3.8) is 0 Å². The van der Waals surface area contributed by atoms with Gasteiger partial charge in [-0.3, -0.25) is 9.48 Å². The minimum atomic E-state index is -0.0582. The lowest BCUT2D eigenvalue weighted by Crippen LogP contribution is -2.14. The van der Waals surface area contributed by atoms with E-state index in [2.05, 4.69) is 10.4 Å². The molecule has 1 amide bonds. The third-order valence-corrected chi connectivity index (χ3v) is 3.96. The highest BCUT2D eigenvalue weighted by Crippen LogP contribution is 2.20. The predicted molar refractivity (Wildman–Crippen MR) is 82.9 cm³/mol. The van der Waals surface area contributed by atoms with Crippen LogP contribution in [0.4, 0.5) is 11.4 Å².